The van der Waals surface area contributed by atoms with Gasteiger partial charge in [0.15, 0.2) is 6.10 Å². The number of nitrogens with zero attached hydrogens (tertiary/aromatic N) is 3. The summed E-state index contributed by atoms with van der Waals surface area (Å²) in [4.78, 5) is 12.3. The molecule has 6 heteroatoms. The van der Waals surface area contributed by atoms with E-state index < -0.39 is 11.0 Å². The maximum Gasteiger partial charge on any atom is 0.292 e. The number of ether oxygens (including phenoxy) is 1. The summed E-state index contributed by atoms with van der Waals surface area (Å²) in [6.45, 7) is 1.33. The van der Waals surface area contributed by atoms with Crippen molar-refractivity contribution in [2.75, 3.05) is 24.6 Å². The number of benzene rings is 1. The summed E-state index contributed by atoms with van der Waals surface area (Å²) < 4.78 is 5.21. The third kappa shape index (κ3) is 2.34. The molecule has 0 N–H and O–H groups in total. The van der Waals surface area contributed by atoms with Gasteiger partial charge < -0.3 is 9.64 Å². The summed E-state index contributed by atoms with van der Waals surface area (Å²) in [6, 6.07) is 8.55. The molecule has 2 rings (SSSR count). The quantitative estimate of drug-likeness (QED) is 0.568. The molecular formula is C11H11N3O3. The number of nitriles is 1. The second-order valence-electron chi connectivity index (χ2n) is 3.68. The number of hydrogen-bond donors (Lipinski definition) is 0. The van der Waals surface area contributed by atoms with Gasteiger partial charge in [0.25, 0.3) is 5.69 Å². The van der Waals surface area contributed by atoms with Crippen LogP contribution in [0.4, 0.5) is 11.4 Å². The van der Waals surface area contributed by atoms with Gasteiger partial charge in [-0.1, -0.05) is 12.1 Å². The number of anilines is 1. The van der Waals surface area contributed by atoms with E-state index in [9.17, 15) is 10.1 Å². The molecule has 1 aromatic carbocycles. The van der Waals surface area contributed by atoms with E-state index in [2.05, 4.69) is 0 Å². The Balaban J connectivity index is 2.28. The van der Waals surface area contributed by atoms with Gasteiger partial charge in [-0.05, 0) is 6.07 Å². The van der Waals surface area contributed by atoms with Crippen LogP contribution < -0.4 is 4.90 Å². The molecule has 0 radical (unpaired) electrons. The minimum Gasteiger partial charge on any atom is -0.360 e. The lowest BCUT2D eigenvalue weighted by atomic mass is 10.2. The topological polar surface area (TPSA) is 79.4 Å². The van der Waals surface area contributed by atoms with E-state index in [0.29, 0.717) is 25.4 Å². The van der Waals surface area contributed by atoms with Crippen molar-refractivity contribution in [3.8, 4) is 6.07 Å². The first-order chi connectivity index (χ1) is 8.22. The van der Waals surface area contributed by atoms with Crippen molar-refractivity contribution in [2.24, 2.45) is 0 Å². The third-order valence-corrected chi connectivity index (χ3v) is 2.63. The van der Waals surface area contributed by atoms with E-state index in [1.54, 1.807) is 18.2 Å². The van der Waals surface area contributed by atoms with Crippen LogP contribution in [-0.2, 0) is 4.74 Å². The second kappa shape index (κ2) is 4.80. The fourth-order valence-corrected chi connectivity index (χ4v) is 1.83. The smallest absolute Gasteiger partial charge is 0.292 e. The molecule has 1 aromatic rings. The number of para-hydroxylation sites is 2. The monoisotopic (exact) mass is 233 g/mol. The number of morpholine rings is 1. The average molecular weight is 233 g/mol. The molecule has 0 aliphatic carbocycles. The van der Waals surface area contributed by atoms with Crippen LogP contribution in [0.25, 0.3) is 0 Å². The van der Waals surface area contributed by atoms with Crippen molar-refractivity contribution in [3.05, 3.63) is 34.4 Å². The Kier molecular flexibility index (Phi) is 3.21. The molecule has 1 atom stereocenters. The van der Waals surface area contributed by atoms with Crippen molar-refractivity contribution < 1.29 is 9.66 Å². The molecule has 1 fully saturated rings. The molecule has 1 aliphatic rings. The first-order valence-electron chi connectivity index (χ1n) is 5.22. The lowest BCUT2D eigenvalue weighted by Gasteiger charge is -2.31. The lowest BCUT2D eigenvalue weighted by Crippen LogP contribution is -2.42. The normalized spacial score (nSPS) is 19.7. The van der Waals surface area contributed by atoms with Crippen LogP contribution in [0.15, 0.2) is 24.3 Å². The highest BCUT2D eigenvalue weighted by Crippen LogP contribution is 2.28. The first-order valence-corrected chi connectivity index (χ1v) is 5.22. The Bertz CT molecular complexity index is 469. The molecular weight excluding hydrogens is 222 g/mol. The van der Waals surface area contributed by atoms with Crippen molar-refractivity contribution in [3.63, 3.8) is 0 Å². The third-order valence-electron chi connectivity index (χ3n) is 2.63. The van der Waals surface area contributed by atoms with E-state index in [-0.39, 0.29) is 5.69 Å². The fourth-order valence-electron chi connectivity index (χ4n) is 1.83. The summed E-state index contributed by atoms with van der Waals surface area (Å²) in [7, 11) is 0. The highest BCUT2D eigenvalue weighted by atomic mass is 16.6. The summed E-state index contributed by atoms with van der Waals surface area (Å²) in [5.74, 6) is 0. The van der Waals surface area contributed by atoms with Crippen LogP contribution in [0.3, 0.4) is 0 Å². The van der Waals surface area contributed by atoms with Crippen molar-refractivity contribution in [1.82, 2.24) is 0 Å². The minimum absolute atomic E-state index is 0.0612. The van der Waals surface area contributed by atoms with Gasteiger partial charge in [-0.15, -0.1) is 0 Å². The van der Waals surface area contributed by atoms with Crippen LogP contribution in [0.5, 0.6) is 0 Å². The number of rotatable bonds is 2. The fraction of sp³-hybridized carbons (Fsp3) is 0.364. The summed E-state index contributed by atoms with van der Waals surface area (Å²) in [6.07, 6.45) is -0.524. The SMILES string of the molecule is N#CC1CN(c2ccccc2[N+](=O)[O-])CCO1. The molecule has 6 nitrogen and oxygen atoms in total. The summed E-state index contributed by atoms with van der Waals surface area (Å²) >= 11 is 0. The zero-order valence-corrected chi connectivity index (χ0v) is 9.07. The van der Waals surface area contributed by atoms with Gasteiger partial charge in [-0.2, -0.15) is 5.26 Å². The standard InChI is InChI=1S/C11H11N3O3/c12-7-9-8-13(5-6-17-9)10-3-1-2-4-11(10)14(15)16/h1-4,9H,5-6,8H2. The molecule has 0 spiro atoms. The molecule has 1 aliphatic heterocycles. The van der Waals surface area contributed by atoms with E-state index in [0.717, 1.165) is 0 Å². The number of nitro groups is 1. The molecule has 1 heterocycles. The molecule has 1 unspecified atom stereocenters. The minimum atomic E-state index is -0.524. The maximum absolute atomic E-state index is 10.9. The second-order valence-corrected chi connectivity index (χ2v) is 3.68. The Morgan fingerprint density at radius 1 is 1.53 bits per heavy atom. The van der Waals surface area contributed by atoms with Crippen LogP contribution in [0.2, 0.25) is 0 Å². The van der Waals surface area contributed by atoms with Crippen molar-refractivity contribution in [2.45, 2.75) is 6.10 Å². The Labute approximate surface area is 98.2 Å². The largest absolute Gasteiger partial charge is 0.360 e. The lowest BCUT2D eigenvalue weighted by molar-refractivity contribution is -0.384. The van der Waals surface area contributed by atoms with Gasteiger partial charge in [0.1, 0.15) is 5.69 Å². The van der Waals surface area contributed by atoms with Gasteiger partial charge in [0.2, 0.25) is 0 Å². The molecule has 0 bridgehead atoms. The van der Waals surface area contributed by atoms with E-state index in [1.165, 1.54) is 6.07 Å². The molecule has 17 heavy (non-hydrogen) atoms. The van der Waals surface area contributed by atoms with Gasteiger partial charge >= 0.3 is 0 Å². The van der Waals surface area contributed by atoms with E-state index >= 15 is 0 Å². The van der Waals surface area contributed by atoms with Gasteiger partial charge in [-0.25, -0.2) is 0 Å². The molecule has 0 saturated carbocycles. The maximum atomic E-state index is 10.9. The molecule has 0 amide bonds. The molecule has 88 valence electrons. The average Bonchev–Trinajstić information content (AvgIpc) is 2.39. The van der Waals surface area contributed by atoms with Crippen molar-refractivity contribution >= 4 is 11.4 Å². The zero-order valence-electron chi connectivity index (χ0n) is 9.07. The highest BCUT2D eigenvalue weighted by Gasteiger charge is 2.25. The number of nitro benzene ring substituents is 1. The van der Waals surface area contributed by atoms with Crippen LogP contribution in [0, 0.1) is 21.4 Å². The van der Waals surface area contributed by atoms with Gasteiger partial charge in [0, 0.05) is 12.6 Å². The predicted octanol–water partition coefficient (Wildman–Crippen LogP) is 1.32. The summed E-state index contributed by atoms with van der Waals surface area (Å²) in [5.41, 5.74) is 0.604. The van der Waals surface area contributed by atoms with E-state index in [4.69, 9.17) is 10.00 Å². The van der Waals surface area contributed by atoms with Crippen molar-refractivity contribution in [1.29, 1.82) is 5.26 Å². The Morgan fingerprint density at radius 2 is 2.29 bits per heavy atom. The molecule has 1 saturated heterocycles. The van der Waals surface area contributed by atoms with Crippen LogP contribution in [-0.4, -0.2) is 30.7 Å². The number of hydrogen-bond acceptors (Lipinski definition) is 5. The Hall–Kier alpha value is -2.13. The Morgan fingerprint density at radius 3 is 3.00 bits per heavy atom. The molecule has 0 aromatic heterocycles. The zero-order chi connectivity index (χ0) is 12.3. The van der Waals surface area contributed by atoms with Crippen LogP contribution in [0.1, 0.15) is 0 Å². The van der Waals surface area contributed by atoms with Gasteiger partial charge in [0.05, 0.1) is 24.1 Å². The van der Waals surface area contributed by atoms with Gasteiger partial charge in [-0.3, -0.25) is 10.1 Å². The first kappa shape index (κ1) is 11.4. The van der Waals surface area contributed by atoms with E-state index in [1.807, 2.05) is 11.0 Å². The highest BCUT2D eigenvalue weighted by molar-refractivity contribution is 5.63. The predicted molar refractivity (Wildman–Crippen MR) is 60.7 cm³/mol. The van der Waals surface area contributed by atoms with Crippen LogP contribution >= 0.6 is 0 Å². The summed E-state index contributed by atoms with van der Waals surface area (Å²) in [5, 5.41) is 19.7.